The van der Waals surface area contributed by atoms with Gasteiger partial charge in [0, 0.05) is 30.0 Å². The van der Waals surface area contributed by atoms with Crippen LogP contribution in [0.25, 0.3) is 0 Å². The Morgan fingerprint density at radius 3 is 2.00 bits per heavy atom. The number of hydrogen-bond acceptors (Lipinski definition) is 2. The van der Waals surface area contributed by atoms with Crippen LogP contribution < -0.4 is 5.32 Å². The predicted molar refractivity (Wildman–Crippen MR) is 95.8 cm³/mol. The highest BCUT2D eigenvalue weighted by molar-refractivity contribution is 5.85. The van der Waals surface area contributed by atoms with Crippen LogP contribution in [0.2, 0.25) is 0 Å². The third-order valence-corrected chi connectivity index (χ3v) is 8.46. The van der Waals surface area contributed by atoms with Gasteiger partial charge >= 0.3 is 0 Å². The minimum atomic E-state index is -0.0558. The average Bonchev–Trinajstić information content (AvgIpc) is 3.42. The van der Waals surface area contributed by atoms with E-state index >= 15 is 0 Å². The van der Waals surface area contributed by atoms with Gasteiger partial charge in [0.1, 0.15) is 0 Å². The summed E-state index contributed by atoms with van der Waals surface area (Å²) >= 11 is 0. The number of amides is 2. The Balaban J connectivity index is 1.22. The summed E-state index contributed by atoms with van der Waals surface area (Å²) in [6, 6.07) is 0.175. The Hall–Kier alpha value is -1.06. The molecule has 0 aromatic carbocycles. The van der Waals surface area contributed by atoms with Gasteiger partial charge in [-0.05, 0) is 88.9 Å². The van der Waals surface area contributed by atoms with Crippen molar-refractivity contribution < 1.29 is 9.59 Å². The summed E-state index contributed by atoms with van der Waals surface area (Å²) in [6.45, 7) is 1.64. The molecule has 5 rings (SSSR count). The molecular weight excluding hydrogens is 312 g/mol. The fraction of sp³-hybridized carbons (Fsp3) is 0.905. The van der Waals surface area contributed by atoms with E-state index in [-0.39, 0.29) is 16.9 Å². The van der Waals surface area contributed by atoms with E-state index in [1.807, 2.05) is 0 Å². The molecule has 25 heavy (non-hydrogen) atoms. The second kappa shape index (κ2) is 5.72. The van der Waals surface area contributed by atoms with Crippen LogP contribution in [0.3, 0.4) is 0 Å². The third kappa shape index (κ3) is 2.54. The summed E-state index contributed by atoms with van der Waals surface area (Å²) in [4.78, 5) is 28.2. The van der Waals surface area contributed by atoms with Gasteiger partial charge in [-0.3, -0.25) is 9.59 Å². The molecule has 1 atom stereocenters. The number of hydrogen-bond donors (Lipinski definition) is 1. The van der Waals surface area contributed by atoms with Gasteiger partial charge in [-0.2, -0.15) is 0 Å². The Kier molecular flexibility index (Phi) is 3.69. The van der Waals surface area contributed by atoms with Crippen molar-refractivity contribution in [3.63, 3.8) is 0 Å². The summed E-state index contributed by atoms with van der Waals surface area (Å²) in [7, 11) is 0. The van der Waals surface area contributed by atoms with Crippen molar-refractivity contribution in [1.29, 1.82) is 0 Å². The van der Waals surface area contributed by atoms with Crippen molar-refractivity contribution in [2.24, 2.45) is 22.7 Å². The van der Waals surface area contributed by atoms with E-state index in [2.05, 4.69) is 10.2 Å². The van der Waals surface area contributed by atoms with Crippen LogP contribution in [-0.2, 0) is 9.59 Å². The van der Waals surface area contributed by atoms with Gasteiger partial charge in [0.2, 0.25) is 11.8 Å². The molecule has 1 heterocycles. The Morgan fingerprint density at radius 1 is 0.840 bits per heavy atom. The lowest BCUT2D eigenvalue weighted by Gasteiger charge is -2.39. The zero-order chi connectivity index (χ0) is 17.1. The average molecular weight is 344 g/mol. The zero-order valence-corrected chi connectivity index (χ0v) is 15.4. The number of nitrogens with one attached hydrogen (secondary N) is 1. The molecular formula is C21H32N2O2. The van der Waals surface area contributed by atoms with E-state index in [0.29, 0.717) is 11.8 Å². The molecule has 4 nitrogen and oxygen atoms in total. The van der Waals surface area contributed by atoms with E-state index in [4.69, 9.17) is 0 Å². The molecule has 4 saturated carbocycles. The zero-order valence-electron chi connectivity index (χ0n) is 15.4. The molecule has 0 aromatic heterocycles. The molecule has 4 heteroatoms. The molecule has 1 aliphatic heterocycles. The second-order valence-corrected chi connectivity index (χ2v) is 9.92. The highest BCUT2D eigenvalue weighted by Gasteiger charge is 2.52. The summed E-state index contributed by atoms with van der Waals surface area (Å²) in [5.41, 5.74) is -0.0842. The lowest BCUT2D eigenvalue weighted by Crippen LogP contribution is -2.54. The number of nitrogens with zero attached hydrogens (tertiary/aromatic N) is 1. The number of fused-ring (bicyclic) bond motifs is 4. The van der Waals surface area contributed by atoms with E-state index in [1.54, 1.807) is 0 Å². The fourth-order valence-corrected chi connectivity index (χ4v) is 6.96. The van der Waals surface area contributed by atoms with Crippen molar-refractivity contribution in [3.05, 3.63) is 0 Å². The molecule has 4 bridgehead atoms. The third-order valence-electron chi connectivity index (χ3n) is 8.46. The van der Waals surface area contributed by atoms with Gasteiger partial charge in [0.25, 0.3) is 0 Å². The Bertz CT molecular complexity index is 570. The topological polar surface area (TPSA) is 49.4 Å². The Morgan fingerprint density at radius 2 is 1.44 bits per heavy atom. The molecule has 0 aromatic rings. The first-order chi connectivity index (χ1) is 12.1. The minimum Gasteiger partial charge on any atom is -0.351 e. The van der Waals surface area contributed by atoms with Gasteiger partial charge in [-0.1, -0.05) is 0 Å². The summed E-state index contributed by atoms with van der Waals surface area (Å²) in [5.74, 6) is 2.31. The predicted octanol–water partition coefficient (Wildman–Crippen LogP) is 3.25. The van der Waals surface area contributed by atoms with Crippen LogP contribution in [0.1, 0.15) is 77.0 Å². The SMILES string of the molecule is O=C(NC1CCCN(C(=O)C23CCC(CC2)C3)C1)C12CCC(CC1)C2. The highest BCUT2D eigenvalue weighted by atomic mass is 16.2. The van der Waals surface area contributed by atoms with E-state index < -0.39 is 0 Å². The lowest BCUT2D eigenvalue weighted by atomic mass is 9.82. The van der Waals surface area contributed by atoms with Gasteiger partial charge in [-0.15, -0.1) is 0 Å². The molecule has 1 N–H and O–H groups in total. The van der Waals surface area contributed by atoms with Gasteiger partial charge in [0.05, 0.1) is 0 Å². The number of likely N-dealkylation sites (tertiary alicyclic amines) is 1. The smallest absolute Gasteiger partial charge is 0.228 e. The molecule has 2 amide bonds. The summed E-state index contributed by atoms with van der Waals surface area (Å²) in [5, 5.41) is 3.36. The van der Waals surface area contributed by atoms with Crippen LogP contribution >= 0.6 is 0 Å². The van der Waals surface area contributed by atoms with Crippen LogP contribution in [0.5, 0.6) is 0 Å². The monoisotopic (exact) mass is 344 g/mol. The summed E-state index contributed by atoms with van der Waals surface area (Å²) in [6.07, 6.45) is 13.7. The van der Waals surface area contributed by atoms with Gasteiger partial charge in [0.15, 0.2) is 0 Å². The van der Waals surface area contributed by atoms with Crippen LogP contribution in [0.15, 0.2) is 0 Å². The molecule has 4 aliphatic carbocycles. The van der Waals surface area contributed by atoms with Crippen LogP contribution in [0.4, 0.5) is 0 Å². The molecule has 0 radical (unpaired) electrons. The lowest BCUT2D eigenvalue weighted by molar-refractivity contribution is -0.144. The normalized spacial score (nSPS) is 45.1. The highest BCUT2D eigenvalue weighted by Crippen LogP contribution is 2.55. The molecule has 1 saturated heterocycles. The molecule has 5 aliphatic rings. The number of rotatable bonds is 3. The largest absolute Gasteiger partial charge is 0.351 e. The summed E-state index contributed by atoms with van der Waals surface area (Å²) < 4.78 is 0. The van der Waals surface area contributed by atoms with Gasteiger partial charge < -0.3 is 10.2 Å². The second-order valence-electron chi connectivity index (χ2n) is 9.92. The Labute approximate surface area is 151 Å². The number of carbonyl (C=O) groups excluding carboxylic acids is 2. The molecule has 0 spiro atoms. The van der Waals surface area contributed by atoms with Crippen molar-refractivity contribution in [2.75, 3.05) is 13.1 Å². The van der Waals surface area contributed by atoms with Crippen molar-refractivity contribution in [1.82, 2.24) is 10.2 Å². The standard InChI is InChI=1S/C21H32N2O2/c24-18(20-7-3-15(12-20)4-8-20)22-17-2-1-11-23(14-17)19(25)21-9-5-16(13-21)6-10-21/h15-17H,1-14H2,(H,22,24). The maximum absolute atomic E-state index is 13.2. The molecule has 138 valence electrons. The number of carbonyl (C=O) groups is 2. The van der Waals surface area contributed by atoms with Crippen LogP contribution in [-0.4, -0.2) is 35.8 Å². The van der Waals surface area contributed by atoms with Crippen molar-refractivity contribution in [3.8, 4) is 0 Å². The first kappa shape index (κ1) is 16.1. The minimum absolute atomic E-state index is 0.0284. The van der Waals surface area contributed by atoms with Crippen molar-refractivity contribution in [2.45, 2.75) is 83.1 Å². The molecule has 5 fully saturated rings. The van der Waals surface area contributed by atoms with Crippen LogP contribution in [0, 0.1) is 22.7 Å². The van der Waals surface area contributed by atoms with E-state index in [0.717, 1.165) is 76.3 Å². The maximum Gasteiger partial charge on any atom is 0.228 e. The molecule has 1 unspecified atom stereocenters. The number of piperidine rings is 1. The van der Waals surface area contributed by atoms with E-state index in [1.165, 1.54) is 25.7 Å². The first-order valence-corrected chi connectivity index (χ1v) is 10.7. The fourth-order valence-electron chi connectivity index (χ4n) is 6.96. The van der Waals surface area contributed by atoms with Crippen molar-refractivity contribution >= 4 is 11.8 Å². The first-order valence-electron chi connectivity index (χ1n) is 10.7. The quantitative estimate of drug-likeness (QED) is 0.854. The maximum atomic E-state index is 13.2. The van der Waals surface area contributed by atoms with Gasteiger partial charge in [-0.25, -0.2) is 0 Å². The van der Waals surface area contributed by atoms with E-state index in [9.17, 15) is 9.59 Å².